The molecule has 2 aromatic rings. The third-order valence-corrected chi connectivity index (χ3v) is 3.94. The predicted molar refractivity (Wildman–Crippen MR) is 80.1 cm³/mol. The summed E-state index contributed by atoms with van der Waals surface area (Å²) >= 11 is 5.91. The van der Waals surface area contributed by atoms with E-state index in [1.807, 2.05) is 0 Å². The molecule has 1 aromatic heterocycles. The quantitative estimate of drug-likeness (QED) is 0.878. The number of rotatable bonds is 2. The number of aromatic nitrogens is 2. The summed E-state index contributed by atoms with van der Waals surface area (Å²) in [6, 6.07) is 5.64. The van der Waals surface area contributed by atoms with Crippen LogP contribution in [0.25, 0.3) is 10.9 Å². The molecule has 6 heteroatoms. The molecule has 0 spiro atoms. The molecule has 2 heterocycles. The molecule has 0 amide bonds. The summed E-state index contributed by atoms with van der Waals surface area (Å²) in [5.41, 5.74) is 0.561. The molecule has 0 saturated carbocycles. The zero-order valence-electron chi connectivity index (χ0n) is 11.3. The molecule has 3 rings (SSSR count). The molecule has 5 nitrogen and oxygen atoms in total. The van der Waals surface area contributed by atoms with E-state index in [1.165, 1.54) is 0 Å². The summed E-state index contributed by atoms with van der Waals surface area (Å²) in [6.45, 7) is 5.73. The van der Waals surface area contributed by atoms with E-state index in [4.69, 9.17) is 11.6 Å². The van der Waals surface area contributed by atoms with Gasteiger partial charge in [0.1, 0.15) is 5.82 Å². The lowest BCUT2D eigenvalue weighted by Gasteiger charge is -2.33. The Morgan fingerprint density at radius 2 is 2.35 bits per heavy atom. The lowest BCUT2D eigenvalue weighted by atomic mass is 10.2. The minimum absolute atomic E-state index is 0.129. The van der Waals surface area contributed by atoms with E-state index in [1.54, 1.807) is 18.2 Å². The highest BCUT2D eigenvalue weighted by Gasteiger charge is 2.19. The summed E-state index contributed by atoms with van der Waals surface area (Å²) in [4.78, 5) is 21.8. The van der Waals surface area contributed by atoms with Crippen molar-refractivity contribution in [2.45, 2.75) is 19.5 Å². The van der Waals surface area contributed by atoms with Crippen LogP contribution in [-0.4, -0.2) is 40.5 Å². The van der Waals surface area contributed by atoms with Gasteiger partial charge in [0, 0.05) is 30.7 Å². The van der Waals surface area contributed by atoms with Crippen LogP contribution in [0.3, 0.4) is 0 Å². The van der Waals surface area contributed by atoms with Gasteiger partial charge in [-0.2, -0.15) is 0 Å². The predicted octanol–water partition coefficient (Wildman–Crippen LogP) is 1.37. The van der Waals surface area contributed by atoms with Crippen molar-refractivity contribution in [2.75, 3.05) is 19.6 Å². The highest BCUT2D eigenvalue weighted by molar-refractivity contribution is 6.31. The third kappa shape index (κ3) is 2.70. The summed E-state index contributed by atoms with van der Waals surface area (Å²) in [7, 11) is 0. The molecule has 1 aliphatic heterocycles. The highest BCUT2D eigenvalue weighted by atomic mass is 35.5. The lowest BCUT2D eigenvalue weighted by Crippen LogP contribution is -2.49. The fourth-order valence-electron chi connectivity index (χ4n) is 2.54. The first-order chi connectivity index (χ1) is 9.63. The molecule has 0 radical (unpaired) electrons. The Morgan fingerprint density at radius 1 is 1.50 bits per heavy atom. The largest absolute Gasteiger partial charge is 0.314 e. The van der Waals surface area contributed by atoms with Crippen molar-refractivity contribution in [3.63, 3.8) is 0 Å². The first-order valence-electron chi connectivity index (χ1n) is 6.77. The summed E-state index contributed by atoms with van der Waals surface area (Å²) < 4.78 is 0. The fraction of sp³-hybridized carbons (Fsp3) is 0.429. The second-order valence-electron chi connectivity index (χ2n) is 5.20. The van der Waals surface area contributed by atoms with Gasteiger partial charge in [-0.05, 0) is 25.1 Å². The molecule has 0 bridgehead atoms. The Bertz CT molecular complexity index is 684. The molecule has 1 saturated heterocycles. The van der Waals surface area contributed by atoms with Crippen molar-refractivity contribution >= 4 is 22.5 Å². The smallest absolute Gasteiger partial charge is 0.258 e. The van der Waals surface area contributed by atoms with Crippen LogP contribution in [-0.2, 0) is 6.54 Å². The van der Waals surface area contributed by atoms with Crippen LogP contribution >= 0.6 is 11.6 Å². The summed E-state index contributed by atoms with van der Waals surface area (Å²) in [5, 5.41) is 4.43. The molecule has 106 valence electrons. The zero-order valence-corrected chi connectivity index (χ0v) is 12.1. The van der Waals surface area contributed by atoms with Gasteiger partial charge in [-0.3, -0.25) is 9.69 Å². The summed E-state index contributed by atoms with van der Waals surface area (Å²) in [6.07, 6.45) is 0. The molecular weight excluding hydrogens is 276 g/mol. The normalized spacial score (nSPS) is 20.4. The number of H-pyrrole nitrogens is 1. The van der Waals surface area contributed by atoms with E-state index in [2.05, 4.69) is 27.1 Å². The van der Waals surface area contributed by atoms with Gasteiger partial charge in [0.15, 0.2) is 0 Å². The van der Waals surface area contributed by atoms with Crippen LogP contribution < -0.4 is 10.9 Å². The molecule has 1 aliphatic rings. The maximum atomic E-state index is 12.1. The molecule has 0 unspecified atom stereocenters. The molecule has 1 fully saturated rings. The van der Waals surface area contributed by atoms with Gasteiger partial charge < -0.3 is 10.3 Å². The van der Waals surface area contributed by atoms with Crippen LogP contribution in [0, 0.1) is 0 Å². The Morgan fingerprint density at radius 3 is 3.15 bits per heavy atom. The molecule has 0 aliphatic carbocycles. The number of nitrogens with zero attached hydrogens (tertiary/aromatic N) is 2. The minimum Gasteiger partial charge on any atom is -0.314 e. The van der Waals surface area contributed by atoms with E-state index < -0.39 is 0 Å². The van der Waals surface area contributed by atoms with Crippen LogP contribution in [0.4, 0.5) is 0 Å². The number of halogens is 1. The number of fused-ring (bicyclic) bond motifs is 1. The van der Waals surface area contributed by atoms with Crippen molar-refractivity contribution < 1.29 is 0 Å². The van der Waals surface area contributed by atoms with Crippen molar-refractivity contribution in [1.82, 2.24) is 20.2 Å². The molecular formula is C14H17ClN4O. The molecule has 1 atom stereocenters. The maximum Gasteiger partial charge on any atom is 0.258 e. The number of piperazine rings is 1. The second-order valence-corrected chi connectivity index (χ2v) is 5.63. The van der Waals surface area contributed by atoms with Crippen molar-refractivity contribution in [3.05, 3.63) is 39.4 Å². The minimum atomic E-state index is -0.129. The molecule has 20 heavy (non-hydrogen) atoms. The number of hydrogen-bond acceptors (Lipinski definition) is 4. The van der Waals surface area contributed by atoms with E-state index in [0.717, 1.165) is 19.6 Å². The summed E-state index contributed by atoms with van der Waals surface area (Å²) in [5.74, 6) is 0.707. The van der Waals surface area contributed by atoms with Gasteiger partial charge in [-0.25, -0.2) is 4.98 Å². The van der Waals surface area contributed by atoms with Gasteiger partial charge in [-0.1, -0.05) is 11.6 Å². The topological polar surface area (TPSA) is 61.0 Å². The number of aromatic amines is 1. The Kier molecular flexibility index (Phi) is 3.74. The Balaban J connectivity index is 1.92. The first-order valence-corrected chi connectivity index (χ1v) is 7.14. The van der Waals surface area contributed by atoms with E-state index in [9.17, 15) is 4.79 Å². The van der Waals surface area contributed by atoms with Gasteiger partial charge in [0.25, 0.3) is 5.56 Å². The second kappa shape index (κ2) is 5.52. The van der Waals surface area contributed by atoms with E-state index in [-0.39, 0.29) is 5.56 Å². The van der Waals surface area contributed by atoms with Crippen molar-refractivity contribution in [3.8, 4) is 0 Å². The monoisotopic (exact) mass is 292 g/mol. The number of nitrogens with one attached hydrogen (secondary N) is 2. The van der Waals surface area contributed by atoms with Crippen LogP contribution in [0.1, 0.15) is 12.7 Å². The Hall–Kier alpha value is -1.43. The van der Waals surface area contributed by atoms with E-state index in [0.29, 0.717) is 34.3 Å². The highest BCUT2D eigenvalue weighted by Crippen LogP contribution is 2.15. The van der Waals surface area contributed by atoms with Crippen LogP contribution in [0.2, 0.25) is 5.02 Å². The maximum absolute atomic E-state index is 12.1. The zero-order chi connectivity index (χ0) is 14.1. The van der Waals surface area contributed by atoms with Gasteiger partial charge in [0.05, 0.1) is 17.4 Å². The van der Waals surface area contributed by atoms with Gasteiger partial charge in [-0.15, -0.1) is 0 Å². The van der Waals surface area contributed by atoms with Gasteiger partial charge in [0.2, 0.25) is 0 Å². The number of hydrogen-bond donors (Lipinski definition) is 2. The van der Waals surface area contributed by atoms with Gasteiger partial charge >= 0.3 is 0 Å². The first kappa shape index (κ1) is 13.5. The van der Waals surface area contributed by atoms with Crippen LogP contribution in [0.15, 0.2) is 23.0 Å². The average Bonchev–Trinajstić information content (AvgIpc) is 2.42. The average molecular weight is 293 g/mol. The van der Waals surface area contributed by atoms with E-state index >= 15 is 0 Å². The van der Waals surface area contributed by atoms with Crippen LogP contribution in [0.5, 0.6) is 0 Å². The SMILES string of the molecule is C[C@H]1CNCCN1Cc1nc2ccc(Cl)cc2c(=O)[nH]1. The van der Waals surface area contributed by atoms with Crippen molar-refractivity contribution in [2.24, 2.45) is 0 Å². The molecule has 2 N–H and O–H groups in total. The molecule has 1 aromatic carbocycles. The van der Waals surface area contributed by atoms with Crippen molar-refractivity contribution in [1.29, 1.82) is 0 Å². The fourth-order valence-corrected chi connectivity index (χ4v) is 2.72. The number of benzene rings is 1. The lowest BCUT2D eigenvalue weighted by molar-refractivity contribution is 0.162. The third-order valence-electron chi connectivity index (χ3n) is 3.71. The standard InChI is InChI=1S/C14H17ClN4O/c1-9-7-16-4-5-19(9)8-13-17-12-3-2-10(15)6-11(12)14(20)18-13/h2-3,6,9,16H,4-5,7-8H2,1H3,(H,17,18,20)/t9-/m0/s1. The Labute approximate surface area is 122 Å².